The fourth-order valence-corrected chi connectivity index (χ4v) is 7.23. The van der Waals surface area contributed by atoms with Crippen LogP contribution in [0.5, 0.6) is 5.75 Å². The summed E-state index contributed by atoms with van der Waals surface area (Å²) in [4.78, 5) is 34.6. The van der Waals surface area contributed by atoms with Gasteiger partial charge >= 0.3 is 0 Å². The smallest absolute Gasteiger partial charge is 0.247 e. The van der Waals surface area contributed by atoms with Crippen molar-refractivity contribution in [2.75, 3.05) is 74.6 Å². The van der Waals surface area contributed by atoms with E-state index in [4.69, 9.17) is 21.2 Å². The molecule has 13 heteroatoms. The number of nitrogens with zero attached hydrogens (tertiary/aromatic N) is 6. The molecule has 0 unspecified atom stereocenters. The summed E-state index contributed by atoms with van der Waals surface area (Å²) in [6.07, 6.45) is 7.75. The van der Waals surface area contributed by atoms with E-state index in [1.165, 1.54) is 31.3 Å². The molecule has 0 spiro atoms. The van der Waals surface area contributed by atoms with Gasteiger partial charge in [0.2, 0.25) is 5.91 Å². The van der Waals surface area contributed by atoms with Crippen molar-refractivity contribution in [1.29, 1.82) is 0 Å². The molecule has 2 aromatic carbocycles. The maximum atomic E-state index is 14.9. The van der Waals surface area contributed by atoms with Gasteiger partial charge in [-0.2, -0.15) is 0 Å². The minimum Gasteiger partial charge on any atom is -0.494 e. The molecule has 11 nitrogen and oxygen atoms in total. The van der Waals surface area contributed by atoms with Crippen molar-refractivity contribution in [3.05, 3.63) is 71.8 Å². The van der Waals surface area contributed by atoms with Crippen LogP contribution < -0.4 is 25.3 Å². The van der Waals surface area contributed by atoms with Crippen LogP contribution in [-0.2, 0) is 9.63 Å². The predicted molar refractivity (Wildman–Crippen MR) is 188 cm³/mol. The second-order valence-corrected chi connectivity index (χ2v) is 13.1. The lowest BCUT2D eigenvalue weighted by atomic mass is 9.97. The number of ether oxygens (including phenoxy) is 1. The molecular formula is C35H44ClFN8O3. The van der Waals surface area contributed by atoms with Gasteiger partial charge in [0, 0.05) is 49.3 Å². The number of rotatable bonds is 10. The third-order valence-electron chi connectivity index (χ3n) is 9.70. The van der Waals surface area contributed by atoms with Crippen molar-refractivity contribution in [2.24, 2.45) is 0 Å². The van der Waals surface area contributed by atoms with E-state index in [-0.39, 0.29) is 10.9 Å². The summed E-state index contributed by atoms with van der Waals surface area (Å²) in [6.45, 7) is 8.05. The number of hydroxylamine groups is 1. The van der Waals surface area contributed by atoms with E-state index in [2.05, 4.69) is 56.0 Å². The minimum atomic E-state index is -0.472. The summed E-state index contributed by atoms with van der Waals surface area (Å²) in [6, 6.07) is 11.3. The fraction of sp³-hybridized carbons (Fsp3) is 0.457. The second kappa shape index (κ2) is 15.1. The van der Waals surface area contributed by atoms with Crippen molar-refractivity contribution >= 4 is 46.2 Å². The summed E-state index contributed by atoms with van der Waals surface area (Å²) < 4.78 is 20.8. The first-order valence-corrected chi connectivity index (χ1v) is 16.9. The maximum Gasteiger partial charge on any atom is 0.247 e. The molecule has 3 fully saturated rings. The average Bonchev–Trinajstić information content (AvgIpc) is 3.60. The van der Waals surface area contributed by atoms with Gasteiger partial charge in [-0.1, -0.05) is 30.3 Å². The van der Waals surface area contributed by atoms with Crippen LogP contribution in [0.15, 0.2) is 55.4 Å². The van der Waals surface area contributed by atoms with Crippen molar-refractivity contribution in [3.8, 4) is 5.75 Å². The number of hydrogen-bond acceptors (Lipinski definition) is 10. The van der Waals surface area contributed by atoms with Gasteiger partial charge in [0.15, 0.2) is 5.82 Å². The monoisotopic (exact) mass is 678 g/mol. The number of hydrogen-bond donors (Lipinski definition) is 2. The van der Waals surface area contributed by atoms with Crippen molar-refractivity contribution in [3.63, 3.8) is 0 Å². The topological polar surface area (TPSA) is 98.3 Å². The highest BCUT2D eigenvalue weighted by Crippen LogP contribution is 2.41. The molecule has 48 heavy (non-hydrogen) atoms. The summed E-state index contributed by atoms with van der Waals surface area (Å²) in [5, 5.41) is 7.97. The zero-order chi connectivity index (χ0) is 33.8. The van der Waals surface area contributed by atoms with E-state index in [1.54, 1.807) is 30.4 Å². The highest BCUT2D eigenvalue weighted by Gasteiger charge is 2.33. The molecule has 3 aliphatic rings. The van der Waals surface area contributed by atoms with Crippen LogP contribution in [-0.4, -0.2) is 91.7 Å². The fourth-order valence-electron chi connectivity index (χ4n) is 7.05. The molecule has 0 radical (unpaired) electrons. The van der Waals surface area contributed by atoms with Crippen molar-refractivity contribution < 1.29 is 18.8 Å². The molecule has 256 valence electrons. The second-order valence-electron chi connectivity index (χ2n) is 12.7. The lowest BCUT2D eigenvalue weighted by Gasteiger charge is -2.43. The number of halogens is 2. The minimum absolute atomic E-state index is 0.0592. The van der Waals surface area contributed by atoms with E-state index in [9.17, 15) is 9.18 Å². The van der Waals surface area contributed by atoms with E-state index >= 15 is 0 Å². The quantitative estimate of drug-likeness (QED) is 0.248. The molecule has 0 aliphatic carbocycles. The van der Waals surface area contributed by atoms with Crippen LogP contribution >= 0.6 is 11.6 Å². The number of nitrogens with one attached hydrogen (secondary N) is 2. The summed E-state index contributed by atoms with van der Waals surface area (Å²) >= 11 is 6.08. The molecule has 2 N–H and O–H groups in total. The molecule has 3 aromatic rings. The van der Waals surface area contributed by atoms with E-state index in [0.29, 0.717) is 59.4 Å². The summed E-state index contributed by atoms with van der Waals surface area (Å²) in [7, 11) is 5.96. The van der Waals surface area contributed by atoms with Gasteiger partial charge in [0.05, 0.1) is 41.8 Å². The third-order valence-corrected chi connectivity index (χ3v) is 9.99. The van der Waals surface area contributed by atoms with Crippen molar-refractivity contribution in [2.45, 2.75) is 50.2 Å². The molecule has 0 bridgehead atoms. The van der Waals surface area contributed by atoms with Crippen LogP contribution in [0.3, 0.4) is 0 Å². The zero-order valence-electron chi connectivity index (χ0n) is 27.8. The third kappa shape index (κ3) is 7.36. The number of piperidine rings is 2. The summed E-state index contributed by atoms with van der Waals surface area (Å²) in [5.74, 6) is 0.734. The molecule has 3 saturated heterocycles. The van der Waals surface area contributed by atoms with Gasteiger partial charge in [0.1, 0.15) is 23.7 Å². The number of likely N-dealkylation sites (tertiary alicyclic amines) is 1. The Hall–Kier alpha value is -3.97. The normalized spacial score (nSPS) is 19.5. The highest BCUT2D eigenvalue weighted by atomic mass is 35.5. The Morgan fingerprint density at radius 3 is 2.56 bits per heavy atom. The molecule has 3 aliphatic heterocycles. The average molecular weight is 679 g/mol. The highest BCUT2D eigenvalue weighted by molar-refractivity contribution is 6.30. The van der Waals surface area contributed by atoms with Gasteiger partial charge in [-0.25, -0.2) is 19.4 Å². The summed E-state index contributed by atoms with van der Waals surface area (Å²) in [5.41, 5.74) is 2.56. The molecule has 4 heterocycles. The number of amides is 1. The van der Waals surface area contributed by atoms with E-state index < -0.39 is 11.9 Å². The maximum absolute atomic E-state index is 14.9. The number of carbonyl (C=O) groups is 1. The molecule has 1 amide bonds. The lowest BCUT2D eigenvalue weighted by Crippen LogP contribution is -2.50. The SMILES string of the molecule is C=CC(=O)Nc1cc(Nc2cc(N3OCC[C@@H]3c3cccc(Cl)c3F)ncn2)c(OC)cc1N1CCC(N2CCC(N(C)C)CC2)CC1. The zero-order valence-corrected chi connectivity index (χ0v) is 28.5. The first-order chi connectivity index (χ1) is 23.2. The van der Waals surface area contributed by atoms with Crippen molar-refractivity contribution in [1.82, 2.24) is 19.8 Å². The Labute approximate surface area is 286 Å². The molecule has 0 saturated carbocycles. The van der Waals surface area contributed by atoms with Crippen LogP contribution in [0.25, 0.3) is 0 Å². The molecule has 6 rings (SSSR count). The van der Waals surface area contributed by atoms with Crippen LogP contribution in [0, 0.1) is 5.82 Å². The van der Waals surface area contributed by atoms with Gasteiger partial charge in [-0.15, -0.1) is 0 Å². The number of anilines is 5. The van der Waals surface area contributed by atoms with E-state index in [0.717, 1.165) is 44.7 Å². The Balaban J connectivity index is 1.21. The predicted octanol–water partition coefficient (Wildman–Crippen LogP) is 6.02. The largest absolute Gasteiger partial charge is 0.494 e. The number of benzene rings is 2. The Morgan fingerprint density at radius 1 is 1.08 bits per heavy atom. The number of carbonyl (C=O) groups excluding carboxylic acids is 1. The van der Waals surface area contributed by atoms with Gasteiger partial charge in [-0.05, 0) is 71.1 Å². The molecule has 1 atom stereocenters. The van der Waals surface area contributed by atoms with Gasteiger partial charge in [-0.3, -0.25) is 9.63 Å². The van der Waals surface area contributed by atoms with Gasteiger partial charge in [0.25, 0.3) is 0 Å². The molecule has 1 aromatic heterocycles. The van der Waals surface area contributed by atoms with E-state index in [1.807, 2.05) is 12.1 Å². The van der Waals surface area contributed by atoms with Gasteiger partial charge < -0.3 is 30.1 Å². The van der Waals surface area contributed by atoms with Crippen LogP contribution in [0.2, 0.25) is 5.02 Å². The Kier molecular flexibility index (Phi) is 10.6. The first-order valence-electron chi connectivity index (χ1n) is 16.5. The number of methoxy groups -OCH3 is 1. The number of aromatic nitrogens is 2. The van der Waals surface area contributed by atoms with Crippen LogP contribution in [0.1, 0.15) is 43.7 Å². The Morgan fingerprint density at radius 2 is 1.85 bits per heavy atom. The lowest BCUT2D eigenvalue weighted by molar-refractivity contribution is -0.111. The standard InChI is InChI=1S/C35H44ClFN8O3/c1-5-34(46)41-27-19-28(31(47-4)20-30(27)44-16-11-24(12-17-44)43-14-9-23(10-15-43)42(2)3)40-32-21-33(39-22-38-32)45-29(13-18-48-45)25-7-6-8-26(36)35(25)37/h5-8,19-24,29H,1,9-18H2,2-4H3,(H,41,46)(H,38,39,40)/t29-/m1/s1. The molecular weight excluding hydrogens is 635 g/mol. The first kappa shape index (κ1) is 33.9. The van der Waals surface area contributed by atoms with Crippen LogP contribution in [0.4, 0.5) is 33.1 Å². The Bertz CT molecular complexity index is 1610.